The van der Waals surface area contributed by atoms with E-state index >= 15 is 0 Å². The van der Waals surface area contributed by atoms with E-state index in [2.05, 4.69) is 21.5 Å². The second kappa shape index (κ2) is 5.65. The number of aryl methyl sites for hydroxylation is 2. The normalized spacial score (nSPS) is 12.2. The predicted octanol–water partition coefficient (Wildman–Crippen LogP) is 2.48. The van der Waals surface area contributed by atoms with Gasteiger partial charge in [0.15, 0.2) is 0 Å². The number of hydrogen-bond acceptors (Lipinski definition) is 3. The Bertz CT molecular complexity index is 563. The Hall–Kier alpha value is -2.17. The molecule has 100 valence electrons. The molecule has 1 heterocycles. The minimum Gasteiger partial charge on any atom is -0.326 e. The van der Waals surface area contributed by atoms with Crippen LogP contribution < -0.4 is 5.32 Å². The maximum absolute atomic E-state index is 12.0. The molecule has 0 saturated heterocycles. The summed E-state index contributed by atoms with van der Waals surface area (Å²) in [6, 6.07) is 5.97. The van der Waals surface area contributed by atoms with E-state index in [1.54, 1.807) is 11.0 Å². The quantitative estimate of drug-likeness (QED) is 0.916. The molecule has 0 unspecified atom stereocenters. The molecule has 1 aromatic heterocycles. The summed E-state index contributed by atoms with van der Waals surface area (Å²) in [7, 11) is 0. The van der Waals surface area contributed by atoms with E-state index in [4.69, 9.17) is 0 Å². The van der Waals surface area contributed by atoms with Gasteiger partial charge >= 0.3 is 0 Å². The van der Waals surface area contributed by atoms with Crippen molar-refractivity contribution in [2.45, 2.75) is 33.2 Å². The lowest BCUT2D eigenvalue weighted by molar-refractivity contribution is -0.116. The molecule has 0 aliphatic carbocycles. The average Bonchev–Trinajstić information content (AvgIpc) is 2.86. The molecule has 1 aromatic carbocycles. The third-order valence-corrected chi connectivity index (χ3v) is 3.03. The highest BCUT2D eigenvalue weighted by molar-refractivity contribution is 5.91. The minimum absolute atomic E-state index is 0.00625. The highest BCUT2D eigenvalue weighted by Crippen LogP contribution is 2.17. The molecule has 5 nitrogen and oxygen atoms in total. The van der Waals surface area contributed by atoms with Crippen LogP contribution in [-0.2, 0) is 4.79 Å². The first-order valence-electron chi connectivity index (χ1n) is 6.27. The summed E-state index contributed by atoms with van der Waals surface area (Å²) in [5, 5.41) is 6.96. The lowest BCUT2D eigenvalue weighted by atomic mass is 10.1. The Labute approximate surface area is 112 Å². The van der Waals surface area contributed by atoms with Crippen LogP contribution in [0.1, 0.15) is 30.5 Å². The number of carbonyl (C=O) groups is 1. The number of rotatable bonds is 4. The summed E-state index contributed by atoms with van der Waals surface area (Å²) in [6.07, 6.45) is 3.46. The van der Waals surface area contributed by atoms with E-state index in [-0.39, 0.29) is 11.9 Å². The van der Waals surface area contributed by atoms with Gasteiger partial charge in [0, 0.05) is 12.1 Å². The molecule has 0 fully saturated rings. The van der Waals surface area contributed by atoms with E-state index in [9.17, 15) is 4.79 Å². The molecule has 0 saturated carbocycles. The van der Waals surface area contributed by atoms with Crippen LogP contribution in [0.5, 0.6) is 0 Å². The molecule has 5 heteroatoms. The summed E-state index contributed by atoms with van der Waals surface area (Å²) in [4.78, 5) is 15.9. The van der Waals surface area contributed by atoms with Crippen molar-refractivity contribution in [3.8, 4) is 0 Å². The molecule has 0 aliphatic rings. The zero-order valence-corrected chi connectivity index (χ0v) is 11.4. The fourth-order valence-corrected chi connectivity index (χ4v) is 1.96. The Morgan fingerprint density at radius 3 is 2.84 bits per heavy atom. The number of anilines is 1. The lowest BCUT2D eigenvalue weighted by Gasteiger charge is -2.13. The van der Waals surface area contributed by atoms with Crippen molar-refractivity contribution < 1.29 is 4.79 Å². The predicted molar refractivity (Wildman–Crippen MR) is 73.9 cm³/mol. The van der Waals surface area contributed by atoms with Gasteiger partial charge in [-0.1, -0.05) is 17.7 Å². The van der Waals surface area contributed by atoms with Crippen LogP contribution in [0, 0.1) is 13.8 Å². The maximum atomic E-state index is 12.0. The summed E-state index contributed by atoms with van der Waals surface area (Å²) in [5.74, 6) is -0.0186. The summed E-state index contributed by atoms with van der Waals surface area (Å²) in [6.45, 7) is 5.96. The fourth-order valence-electron chi connectivity index (χ4n) is 1.96. The van der Waals surface area contributed by atoms with Crippen molar-refractivity contribution in [3.05, 3.63) is 42.0 Å². The van der Waals surface area contributed by atoms with Crippen molar-refractivity contribution in [2.24, 2.45) is 0 Å². The molecule has 0 bridgehead atoms. The topological polar surface area (TPSA) is 59.8 Å². The molecule has 1 N–H and O–H groups in total. The monoisotopic (exact) mass is 258 g/mol. The number of nitrogens with zero attached hydrogens (tertiary/aromatic N) is 3. The third-order valence-electron chi connectivity index (χ3n) is 3.03. The molecule has 0 spiro atoms. The molecule has 1 atom stereocenters. The van der Waals surface area contributed by atoms with E-state index < -0.39 is 0 Å². The van der Waals surface area contributed by atoms with Gasteiger partial charge in [-0.15, -0.1) is 0 Å². The maximum Gasteiger partial charge on any atom is 0.226 e. The number of benzene rings is 1. The standard InChI is InChI=1S/C14H18N4O/c1-10-4-5-13(11(2)6-10)17-14(19)7-12(3)18-9-15-8-16-18/h4-6,8-9,12H,7H2,1-3H3,(H,17,19)/t12-/m0/s1. The largest absolute Gasteiger partial charge is 0.326 e. The van der Waals surface area contributed by atoms with E-state index in [0.29, 0.717) is 6.42 Å². The van der Waals surface area contributed by atoms with Crippen LogP contribution in [0.25, 0.3) is 0 Å². The molecular formula is C14H18N4O. The van der Waals surface area contributed by atoms with Crippen LogP contribution in [0.3, 0.4) is 0 Å². The summed E-state index contributed by atoms with van der Waals surface area (Å²) in [5.41, 5.74) is 3.12. The van der Waals surface area contributed by atoms with Gasteiger partial charge in [0.25, 0.3) is 0 Å². The Balaban J connectivity index is 1.98. The smallest absolute Gasteiger partial charge is 0.226 e. The fraction of sp³-hybridized carbons (Fsp3) is 0.357. The lowest BCUT2D eigenvalue weighted by Crippen LogP contribution is -2.18. The first-order valence-corrected chi connectivity index (χ1v) is 6.27. The van der Waals surface area contributed by atoms with Gasteiger partial charge in [0.1, 0.15) is 12.7 Å². The van der Waals surface area contributed by atoms with Crippen LogP contribution in [0.4, 0.5) is 5.69 Å². The first-order chi connectivity index (χ1) is 9.06. The summed E-state index contributed by atoms with van der Waals surface area (Å²) < 4.78 is 1.68. The van der Waals surface area contributed by atoms with Crippen LogP contribution >= 0.6 is 0 Å². The zero-order chi connectivity index (χ0) is 13.8. The van der Waals surface area contributed by atoms with Gasteiger partial charge in [-0.25, -0.2) is 9.67 Å². The molecule has 19 heavy (non-hydrogen) atoms. The second-order valence-corrected chi connectivity index (χ2v) is 4.80. The second-order valence-electron chi connectivity index (χ2n) is 4.80. The van der Waals surface area contributed by atoms with E-state index in [1.165, 1.54) is 11.9 Å². The van der Waals surface area contributed by atoms with Crippen LogP contribution in [-0.4, -0.2) is 20.7 Å². The first kappa shape index (κ1) is 13.3. The van der Waals surface area contributed by atoms with E-state index in [0.717, 1.165) is 11.3 Å². The molecule has 2 rings (SSSR count). The van der Waals surface area contributed by atoms with Gasteiger partial charge in [-0.05, 0) is 32.4 Å². The van der Waals surface area contributed by atoms with Crippen molar-refractivity contribution in [1.82, 2.24) is 14.8 Å². The SMILES string of the molecule is Cc1ccc(NC(=O)C[C@H](C)n2cncn2)c(C)c1. The number of carbonyl (C=O) groups excluding carboxylic acids is 1. The zero-order valence-electron chi connectivity index (χ0n) is 11.4. The number of hydrogen-bond donors (Lipinski definition) is 1. The van der Waals surface area contributed by atoms with Crippen molar-refractivity contribution in [1.29, 1.82) is 0 Å². The molecule has 0 radical (unpaired) electrons. The van der Waals surface area contributed by atoms with Crippen LogP contribution in [0.15, 0.2) is 30.9 Å². The minimum atomic E-state index is -0.0186. The Morgan fingerprint density at radius 2 is 2.21 bits per heavy atom. The number of nitrogens with one attached hydrogen (secondary N) is 1. The number of amides is 1. The highest BCUT2D eigenvalue weighted by Gasteiger charge is 2.12. The van der Waals surface area contributed by atoms with Gasteiger partial charge < -0.3 is 5.32 Å². The van der Waals surface area contributed by atoms with Gasteiger partial charge in [-0.2, -0.15) is 5.10 Å². The molecule has 2 aromatic rings. The van der Waals surface area contributed by atoms with Crippen molar-refractivity contribution in [2.75, 3.05) is 5.32 Å². The van der Waals surface area contributed by atoms with Gasteiger partial charge in [0.05, 0.1) is 6.04 Å². The van der Waals surface area contributed by atoms with Crippen molar-refractivity contribution >= 4 is 11.6 Å². The molecule has 0 aliphatic heterocycles. The Kier molecular flexibility index (Phi) is 3.94. The molecular weight excluding hydrogens is 240 g/mol. The van der Waals surface area contributed by atoms with Crippen LogP contribution in [0.2, 0.25) is 0 Å². The Morgan fingerprint density at radius 1 is 1.42 bits per heavy atom. The summed E-state index contributed by atoms with van der Waals surface area (Å²) >= 11 is 0. The molecule has 1 amide bonds. The number of aromatic nitrogens is 3. The average molecular weight is 258 g/mol. The van der Waals surface area contributed by atoms with Gasteiger partial charge in [-0.3, -0.25) is 4.79 Å². The highest BCUT2D eigenvalue weighted by atomic mass is 16.1. The third kappa shape index (κ3) is 3.40. The van der Waals surface area contributed by atoms with Crippen molar-refractivity contribution in [3.63, 3.8) is 0 Å². The van der Waals surface area contributed by atoms with E-state index in [1.807, 2.05) is 32.9 Å². The van der Waals surface area contributed by atoms with Gasteiger partial charge in [0.2, 0.25) is 5.91 Å².